The standard InChI is InChI=1S/C10H15NO3/c1-3-4-6-9(12)11(2)8-5-7-10(13)14/h1H,4-8H2,2H3,(H,13,14). The first kappa shape index (κ1) is 12.5. The maximum Gasteiger partial charge on any atom is 0.303 e. The van der Waals surface area contributed by atoms with Crippen LogP contribution in [0.15, 0.2) is 0 Å². The highest BCUT2D eigenvalue weighted by atomic mass is 16.4. The summed E-state index contributed by atoms with van der Waals surface area (Å²) >= 11 is 0. The highest BCUT2D eigenvalue weighted by molar-refractivity contribution is 5.76. The zero-order valence-corrected chi connectivity index (χ0v) is 8.32. The van der Waals surface area contributed by atoms with Gasteiger partial charge in [-0.2, -0.15) is 0 Å². The van der Waals surface area contributed by atoms with Crippen molar-refractivity contribution in [1.82, 2.24) is 4.90 Å². The molecule has 0 radical (unpaired) electrons. The van der Waals surface area contributed by atoms with Crippen LogP contribution in [0, 0.1) is 12.3 Å². The molecule has 0 aliphatic rings. The molecule has 0 aromatic rings. The molecule has 0 aliphatic carbocycles. The maximum absolute atomic E-state index is 11.3. The lowest BCUT2D eigenvalue weighted by molar-refractivity contribution is -0.138. The van der Waals surface area contributed by atoms with Crippen LogP contribution in [0.25, 0.3) is 0 Å². The Morgan fingerprint density at radius 3 is 2.57 bits per heavy atom. The van der Waals surface area contributed by atoms with Crippen LogP contribution in [0.1, 0.15) is 25.7 Å². The highest BCUT2D eigenvalue weighted by Crippen LogP contribution is 1.98. The third-order valence-corrected chi connectivity index (χ3v) is 1.79. The van der Waals surface area contributed by atoms with Crippen molar-refractivity contribution in [1.29, 1.82) is 0 Å². The van der Waals surface area contributed by atoms with Gasteiger partial charge in [-0.1, -0.05) is 0 Å². The Kier molecular flexibility index (Phi) is 6.21. The van der Waals surface area contributed by atoms with Crippen molar-refractivity contribution in [3.8, 4) is 12.3 Å². The molecule has 0 saturated carbocycles. The van der Waals surface area contributed by atoms with Gasteiger partial charge in [0.05, 0.1) is 0 Å². The van der Waals surface area contributed by atoms with Crippen LogP contribution in [0.4, 0.5) is 0 Å². The first-order valence-corrected chi connectivity index (χ1v) is 4.47. The second kappa shape index (κ2) is 6.96. The van der Waals surface area contributed by atoms with Gasteiger partial charge in [0.1, 0.15) is 0 Å². The smallest absolute Gasteiger partial charge is 0.303 e. The summed E-state index contributed by atoms with van der Waals surface area (Å²) in [6.07, 6.45) is 6.35. The fourth-order valence-corrected chi connectivity index (χ4v) is 0.962. The van der Waals surface area contributed by atoms with Crippen molar-refractivity contribution in [2.75, 3.05) is 13.6 Å². The number of rotatable bonds is 6. The number of carboxylic acid groups (broad SMARTS) is 1. The lowest BCUT2D eigenvalue weighted by Gasteiger charge is -2.15. The summed E-state index contributed by atoms with van der Waals surface area (Å²) < 4.78 is 0. The molecule has 0 bridgehead atoms. The van der Waals surface area contributed by atoms with Gasteiger partial charge in [-0.25, -0.2) is 0 Å². The number of nitrogens with zero attached hydrogens (tertiary/aromatic N) is 1. The molecule has 1 amide bonds. The van der Waals surface area contributed by atoms with E-state index >= 15 is 0 Å². The maximum atomic E-state index is 11.3. The van der Waals surface area contributed by atoms with E-state index in [0.717, 1.165) is 0 Å². The van der Waals surface area contributed by atoms with E-state index in [1.165, 1.54) is 4.90 Å². The molecule has 0 aromatic heterocycles. The summed E-state index contributed by atoms with van der Waals surface area (Å²) in [6, 6.07) is 0. The van der Waals surface area contributed by atoms with Gasteiger partial charge in [-0.15, -0.1) is 12.3 Å². The number of carboxylic acids is 1. The first-order chi connectivity index (χ1) is 6.57. The Balaban J connectivity index is 3.63. The van der Waals surface area contributed by atoms with Crippen molar-refractivity contribution < 1.29 is 14.7 Å². The number of hydrogen-bond acceptors (Lipinski definition) is 2. The van der Waals surface area contributed by atoms with E-state index in [1.807, 2.05) is 0 Å². The molecule has 0 atom stereocenters. The van der Waals surface area contributed by atoms with E-state index in [2.05, 4.69) is 5.92 Å². The predicted molar refractivity (Wildman–Crippen MR) is 52.6 cm³/mol. The summed E-state index contributed by atoms with van der Waals surface area (Å²) in [5.74, 6) is 1.51. The summed E-state index contributed by atoms with van der Waals surface area (Å²) in [5, 5.41) is 8.38. The molecule has 4 nitrogen and oxygen atoms in total. The molecule has 78 valence electrons. The fourth-order valence-electron chi connectivity index (χ4n) is 0.962. The van der Waals surface area contributed by atoms with Crippen molar-refractivity contribution in [3.63, 3.8) is 0 Å². The summed E-state index contributed by atoms with van der Waals surface area (Å²) in [7, 11) is 1.65. The summed E-state index contributed by atoms with van der Waals surface area (Å²) in [4.78, 5) is 23.0. The lowest BCUT2D eigenvalue weighted by atomic mass is 10.2. The minimum Gasteiger partial charge on any atom is -0.481 e. The zero-order chi connectivity index (χ0) is 11.0. The average Bonchev–Trinajstić information content (AvgIpc) is 2.13. The zero-order valence-electron chi connectivity index (χ0n) is 8.32. The Labute approximate surface area is 83.9 Å². The minimum absolute atomic E-state index is 0.0339. The third kappa shape index (κ3) is 6.06. The second-order valence-corrected chi connectivity index (χ2v) is 3.02. The third-order valence-electron chi connectivity index (χ3n) is 1.79. The van der Waals surface area contributed by atoms with Gasteiger partial charge in [0, 0.05) is 32.9 Å². The molecular weight excluding hydrogens is 182 g/mol. The van der Waals surface area contributed by atoms with Gasteiger partial charge in [-0.05, 0) is 6.42 Å². The molecule has 0 fully saturated rings. The molecule has 4 heteroatoms. The topological polar surface area (TPSA) is 57.6 Å². The Hall–Kier alpha value is -1.50. The molecule has 0 saturated heterocycles. The van der Waals surface area contributed by atoms with Gasteiger partial charge >= 0.3 is 5.97 Å². The Morgan fingerprint density at radius 1 is 1.43 bits per heavy atom. The number of carbonyl (C=O) groups excluding carboxylic acids is 1. The number of hydrogen-bond donors (Lipinski definition) is 1. The largest absolute Gasteiger partial charge is 0.481 e. The van der Waals surface area contributed by atoms with Gasteiger partial charge in [-0.3, -0.25) is 9.59 Å². The van der Waals surface area contributed by atoms with Crippen LogP contribution < -0.4 is 0 Å². The SMILES string of the molecule is C#CCCC(=O)N(C)CCCC(=O)O. The molecule has 14 heavy (non-hydrogen) atoms. The normalized spacial score (nSPS) is 9.14. The molecular formula is C10H15NO3. The minimum atomic E-state index is -0.838. The second-order valence-electron chi connectivity index (χ2n) is 3.02. The fraction of sp³-hybridized carbons (Fsp3) is 0.600. The quantitative estimate of drug-likeness (QED) is 0.638. The van der Waals surface area contributed by atoms with Crippen LogP contribution in [-0.4, -0.2) is 35.5 Å². The highest BCUT2D eigenvalue weighted by Gasteiger charge is 2.07. The van der Waals surface area contributed by atoms with E-state index in [4.69, 9.17) is 11.5 Å². The van der Waals surface area contributed by atoms with Crippen molar-refractivity contribution >= 4 is 11.9 Å². The predicted octanol–water partition coefficient (Wildman–Crippen LogP) is 0.723. The van der Waals surface area contributed by atoms with Crippen LogP contribution in [-0.2, 0) is 9.59 Å². The average molecular weight is 197 g/mol. The van der Waals surface area contributed by atoms with E-state index in [1.54, 1.807) is 7.05 Å². The van der Waals surface area contributed by atoms with E-state index < -0.39 is 5.97 Å². The first-order valence-electron chi connectivity index (χ1n) is 4.47. The molecule has 0 rings (SSSR count). The number of aliphatic carboxylic acids is 1. The molecule has 0 aromatic carbocycles. The van der Waals surface area contributed by atoms with Crippen LogP contribution in [0.2, 0.25) is 0 Å². The van der Waals surface area contributed by atoms with Gasteiger partial charge in [0.2, 0.25) is 5.91 Å². The van der Waals surface area contributed by atoms with Crippen LogP contribution >= 0.6 is 0 Å². The van der Waals surface area contributed by atoms with Crippen molar-refractivity contribution in [2.45, 2.75) is 25.7 Å². The molecule has 0 aliphatic heterocycles. The van der Waals surface area contributed by atoms with Crippen LogP contribution in [0.3, 0.4) is 0 Å². The molecule has 1 N–H and O–H groups in total. The van der Waals surface area contributed by atoms with Gasteiger partial charge in [0.15, 0.2) is 0 Å². The molecule has 0 spiro atoms. The monoisotopic (exact) mass is 197 g/mol. The van der Waals surface area contributed by atoms with Crippen molar-refractivity contribution in [3.05, 3.63) is 0 Å². The van der Waals surface area contributed by atoms with E-state index in [9.17, 15) is 9.59 Å². The summed E-state index contributed by atoms with van der Waals surface area (Å²) in [5.41, 5.74) is 0. The van der Waals surface area contributed by atoms with Crippen molar-refractivity contribution in [2.24, 2.45) is 0 Å². The van der Waals surface area contributed by atoms with Crippen LogP contribution in [0.5, 0.6) is 0 Å². The van der Waals surface area contributed by atoms with E-state index in [-0.39, 0.29) is 12.3 Å². The number of terminal acetylenes is 1. The molecule has 0 heterocycles. The number of carbonyl (C=O) groups is 2. The number of amides is 1. The Morgan fingerprint density at radius 2 is 2.07 bits per heavy atom. The summed E-state index contributed by atoms with van der Waals surface area (Å²) in [6.45, 7) is 0.468. The molecule has 0 unspecified atom stereocenters. The Bertz CT molecular complexity index is 242. The lowest BCUT2D eigenvalue weighted by Crippen LogP contribution is -2.27. The van der Waals surface area contributed by atoms with Gasteiger partial charge < -0.3 is 10.0 Å². The van der Waals surface area contributed by atoms with E-state index in [0.29, 0.717) is 25.8 Å². The van der Waals surface area contributed by atoms with Gasteiger partial charge in [0.25, 0.3) is 0 Å².